The largest absolute Gasteiger partial charge is 0.309 e. The van der Waals surface area contributed by atoms with E-state index in [1.165, 1.54) is 30.8 Å². The molecule has 0 saturated carbocycles. The van der Waals surface area contributed by atoms with Crippen molar-refractivity contribution in [2.75, 3.05) is 18.5 Å². The average Bonchev–Trinajstić information content (AvgIpc) is 2.66. The molecule has 0 spiro atoms. The van der Waals surface area contributed by atoms with Crippen LogP contribution in [0.4, 0.5) is 5.69 Å². The fourth-order valence-electron chi connectivity index (χ4n) is 2.90. The average molecular weight is 356 g/mol. The molecule has 25 heavy (non-hydrogen) atoms. The van der Waals surface area contributed by atoms with E-state index in [0.29, 0.717) is 6.54 Å². The first-order chi connectivity index (χ1) is 12.0. The van der Waals surface area contributed by atoms with Gasteiger partial charge in [0, 0.05) is 18.3 Å². The lowest BCUT2D eigenvalue weighted by Crippen LogP contribution is -2.34. The second kappa shape index (κ2) is 7.21. The van der Waals surface area contributed by atoms with E-state index in [-0.39, 0.29) is 10.8 Å². The van der Waals surface area contributed by atoms with Crippen LogP contribution in [-0.2, 0) is 21.2 Å². The summed E-state index contributed by atoms with van der Waals surface area (Å²) >= 11 is 0. The first kappa shape index (κ1) is 17.4. The van der Waals surface area contributed by atoms with E-state index in [0.717, 1.165) is 24.1 Å². The highest BCUT2D eigenvalue weighted by molar-refractivity contribution is 7.89. The molecule has 1 aliphatic heterocycles. The number of sulfonamides is 1. The summed E-state index contributed by atoms with van der Waals surface area (Å²) in [5.41, 5.74) is 2.93. The van der Waals surface area contributed by atoms with E-state index >= 15 is 0 Å². The van der Waals surface area contributed by atoms with Crippen molar-refractivity contribution in [3.63, 3.8) is 0 Å². The van der Waals surface area contributed by atoms with Crippen LogP contribution in [0.15, 0.2) is 59.5 Å². The van der Waals surface area contributed by atoms with Crippen molar-refractivity contribution in [1.29, 1.82) is 0 Å². The molecule has 0 aromatic heterocycles. The maximum Gasteiger partial charge on any atom is 0.250 e. The van der Waals surface area contributed by atoms with Gasteiger partial charge in [0.1, 0.15) is 0 Å². The Labute approximate surface area is 148 Å². The van der Waals surface area contributed by atoms with E-state index < -0.39 is 10.0 Å². The molecule has 0 radical (unpaired) electrons. The molecular formula is C19H20N2O3S. The summed E-state index contributed by atoms with van der Waals surface area (Å²) < 4.78 is 25.7. The third kappa shape index (κ3) is 3.81. The Kier molecular flexibility index (Phi) is 5.01. The number of para-hydroxylation sites is 1. The van der Waals surface area contributed by atoms with Crippen molar-refractivity contribution < 1.29 is 13.2 Å². The van der Waals surface area contributed by atoms with E-state index in [1.54, 1.807) is 23.1 Å². The Balaban J connectivity index is 1.76. The summed E-state index contributed by atoms with van der Waals surface area (Å²) in [4.78, 5) is 14.5. The van der Waals surface area contributed by atoms with Crippen LogP contribution in [-0.4, -0.2) is 27.9 Å². The molecule has 0 aliphatic carbocycles. The van der Waals surface area contributed by atoms with Crippen LogP contribution in [0, 0.1) is 0 Å². The van der Waals surface area contributed by atoms with Crippen molar-refractivity contribution in [2.45, 2.75) is 17.7 Å². The predicted molar refractivity (Wildman–Crippen MR) is 98.8 cm³/mol. The lowest BCUT2D eigenvalue weighted by atomic mass is 10.0. The van der Waals surface area contributed by atoms with Gasteiger partial charge in [-0.3, -0.25) is 4.79 Å². The number of amides is 1. The highest BCUT2D eigenvalue weighted by Gasteiger charge is 2.20. The normalized spacial score (nSPS) is 14.5. The quantitative estimate of drug-likeness (QED) is 0.857. The number of aryl methyl sites for hydroxylation is 1. The summed E-state index contributed by atoms with van der Waals surface area (Å²) in [6.45, 7) is 0.708. The molecule has 130 valence electrons. The number of nitrogens with one attached hydrogen (secondary N) is 1. The number of benzene rings is 2. The zero-order chi connectivity index (χ0) is 17.9. The maximum atomic E-state index is 12.5. The van der Waals surface area contributed by atoms with Gasteiger partial charge >= 0.3 is 0 Å². The Morgan fingerprint density at radius 3 is 2.56 bits per heavy atom. The second-order valence-electron chi connectivity index (χ2n) is 5.83. The highest BCUT2D eigenvalue weighted by Crippen LogP contribution is 2.27. The molecule has 5 nitrogen and oxygen atoms in total. The monoisotopic (exact) mass is 356 g/mol. The fraction of sp³-hybridized carbons (Fsp3) is 0.211. The summed E-state index contributed by atoms with van der Waals surface area (Å²) in [5.74, 6) is -0.0703. The first-order valence-electron chi connectivity index (χ1n) is 8.12. The van der Waals surface area contributed by atoms with Gasteiger partial charge in [-0.05, 0) is 55.3 Å². The van der Waals surface area contributed by atoms with Gasteiger partial charge in [-0.25, -0.2) is 13.1 Å². The number of fused-ring (bicyclic) bond motifs is 1. The summed E-state index contributed by atoms with van der Waals surface area (Å²) in [5, 5.41) is 0. The zero-order valence-electron chi connectivity index (χ0n) is 14.0. The summed E-state index contributed by atoms with van der Waals surface area (Å²) in [7, 11) is -2.07. The van der Waals surface area contributed by atoms with Crippen LogP contribution in [0.25, 0.3) is 6.08 Å². The summed E-state index contributed by atoms with van der Waals surface area (Å²) in [6, 6.07) is 14.4. The smallest absolute Gasteiger partial charge is 0.250 e. The number of anilines is 1. The third-order valence-corrected chi connectivity index (χ3v) is 5.68. The lowest BCUT2D eigenvalue weighted by Gasteiger charge is -2.28. The van der Waals surface area contributed by atoms with Crippen LogP contribution in [0.5, 0.6) is 0 Å². The standard InChI is InChI=1S/C19H20N2O3S/c1-20-25(23,24)17-11-8-15(9-12-17)10-13-19(22)21-14-4-6-16-5-2-3-7-18(16)21/h2-3,5,7-13,20H,4,6,14H2,1H3/b13-10+. The topological polar surface area (TPSA) is 66.5 Å². The minimum atomic E-state index is -3.45. The molecule has 0 atom stereocenters. The molecule has 0 saturated heterocycles. The lowest BCUT2D eigenvalue weighted by molar-refractivity contribution is -0.114. The number of hydrogen-bond acceptors (Lipinski definition) is 3. The van der Waals surface area contributed by atoms with Crippen molar-refractivity contribution in [3.05, 3.63) is 65.7 Å². The molecule has 2 aromatic carbocycles. The van der Waals surface area contributed by atoms with Gasteiger partial charge in [0.2, 0.25) is 10.0 Å². The molecule has 6 heteroatoms. The number of rotatable bonds is 4. The van der Waals surface area contributed by atoms with Crippen LogP contribution in [0.2, 0.25) is 0 Å². The predicted octanol–water partition coefficient (Wildman–Crippen LogP) is 2.59. The fourth-order valence-corrected chi connectivity index (χ4v) is 3.63. The second-order valence-corrected chi connectivity index (χ2v) is 7.72. The SMILES string of the molecule is CNS(=O)(=O)c1ccc(/C=C/C(=O)N2CCCc3ccccc32)cc1. The molecule has 2 aromatic rings. The molecule has 0 bridgehead atoms. The van der Waals surface area contributed by atoms with Crippen molar-refractivity contribution in [1.82, 2.24) is 4.72 Å². The Morgan fingerprint density at radius 1 is 1.12 bits per heavy atom. The van der Waals surface area contributed by atoms with Gasteiger partial charge in [0.05, 0.1) is 4.90 Å². The summed E-state index contributed by atoms with van der Waals surface area (Å²) in [6.07, 6.45) is 5.18. The van der Waals surface area contributed by atoms with Gasteiger partial charge < -0.3 is 4.90 Å². The minimum Gasteiger partial charge on any atom is -0.309 e. The van der Waals surface area contributed by atoms with Crippen LogP contribution in [0.3, 0.4) is 0 Å². The molecule has 1 amide bonds. The molecule has 0 fully saturated rings. The highest BCUT2D eigenvalue weighted by atomic mass is 32.2. The number of carbonyl (C=O) groups is 1. The van der Waals surface area contributed by atoms with E-state index in [2.05, 4.69) is 10.8 Å². The van der Waals surface area contributed by atoms with Gasteiger partial charge in [-0.15, -0.1) is 0 Å². The van der Waals surface area contributed by atoms with Gasteiger partial charge in [0.15, 0.2) is 0 Å². The molecule has 1 heterocycles. The van der Waals surface area contributed by atoms with Crippen molar-refractivity contribution in [2.24, 2.45) is 0 Å². The van der Waals surface area contributed by atoms with Crippen molar-refractivity contribution >= 4 is 27.7 Å². The van der Waals surface area contributed by atoms with E-state index in [4.69, 9.17) is 0 Å². The van der Waals surface area contributed by atoms with Crippen LogP contribution < -0.4 is 9.62 Å². The number of nitrogens with zero attached hydrogens (tertiary/aromatic N) is 1. The molecule has 3 rings (SSSR count). The van der Waals surface area contributed by atoms with Crippen LogP contribution in [0.1, 0.15) is 17.5 Å². The Morgan fingerprint density at radius 2 is 1.84 bits per heavy atom. The molecular weight excluding hydrogens is 336 g/mol. The Hall–Kier alpha value is -2.44. The van der Waals surface area contributed by atoms with E-state index in [9.17, 15) is 13.2 Å². The van der Waals surface area contributed by atoms with E-state index in [1.807, 2.05) is 18.2 Å². The zero-order valence-corrected chi connectivity index (χ0v) is 14.8. The van der Waals surface area contributed by atoms with Gasteiger partial charge in [-0.1, -0.05) is 30.3 Å². The van der Waals surface area contributed by atoms with Gasteiger partial charge in [0.25, 0.3) is 5.91 Å². The molecule has 0 unspecified atom stereocenters. The molecule has 1 N–H and O–H groups in total. The maximum absolute atomic E-state index is 12.5. The Bertz CT molecular complexity index is 903. The number of carbonyl (C=O) groups excluding carboxylic acids is 1. The number of hydrogen-bond donors (Lipinski definition) is 1. The minimum absolute atomic E-state index is 0.0703. The van der Waals surface area contributed by atoms with Gasteiger partial charge in [-0.2, -0.15) is 0 Å². The molecule has 1 aliphatic rings. The van der Waals surface area contributed by atoms with Crippen LogP contribution >= 0.6 is 0 Å². The van der Waals surface area contributed by atoms with Crippen molar-refractivity contribution in [3.8, 4) is 0 Å². The first-order valence-corrected chi connectivity index (χ1v) is 9.61. The third-order valence-electron chi connectivity index (χ3n) is 4.25.